The van der Waals surface area contributed by atoms with Crippen LogP contribution in [0.4, 0.5) is 0 Å². The van der Waals surface area contributed by atoms with Crippen molar-refractivity contribution in [1.82, 2.24) is 0 Å². The van der Waals surface area contributed by atoms with Crippen LogP contribution in [-0.2, 0) is 6.54 Å². The van der Waals surface area contributed by atoms with Crippen LogP contribution in [0.25, 0.3) is 0 Å². The van der Waals surface area contributed by atoms with E-state index >= 15 is 0 Å². The van der Waals surface area contributed by atoms with Crippen molar-refractivity contribution in [2.45, 2.75) is 20.4 Å². The molecule has 0 radical (unpaired) electrons. The molecule has 0 aliphatic heterocycles. The molecule has 1 heteroatoms. The van der Waals surface area contributed by atoms with Crippen LogP contribution in [0.3, 0.4) is 0 Å². The minimum atomic E-state index is 0.948. The topological polar surface area (TPSA) is 3.88 Å². The number of hydrogen-bond acceptors (Lipinski definition) is 0. The van der Waals surface area contributed by atoms with Crippen molar-refractivity contribution in [1.29, 1.82) is 0 Å². The molecule has 15 heavy (non-hydrogen) atoms. The number of benzene rings is 1. The van der Waals surface area contributed by atoms with Crippen molar-refractivity contribution in [2.24, 2.45) is 0 Å². The fourth-order valence-corrected chi connectivity index (χ4v) is 1.91. The number of aryl methyl sites for hydroxylation is 2. The molecule has 0 aliphatic rings. The second kappa shape index (κ2) is 4.26. The van der Waals surface area contributed by atoms with E-state index < -0.39 is 0 Å². The molecule has 0 spiro atoms. The molecule has 2 rings (SSSR count). The maximum atomic E-state index is 2.24. The fraction of sp³-hybridized carbons (Fsp3) is 0.214. The fourth-order valence-electron chi connectivity index (χ4n) is 1.91. The summed E-state index contributed by atoms with van der Waals surface area (Å²) in [5.74, 6) is 0. The van der Waals surface area contributed by atoms with Crippen LogP contribution < -0.4 is 4.57 Å². The molecule has 0 bridgehead atoms. The first-order valence-electron chi connectivity index (χ1n) is 5.25. The Bertz CT molecular complexity index is 426. The standard InChI is InChI=1S/C14H16N/c1-12-8-13(2)10-14(9-12)11-15-6-4-3-5-7-15/h3-10H,11H2,1-2H3/q+1. The third kappa shape index (κ3) is 2.66. The lowest BCUT2D eigenvalue weighted by Crippen LogP contribution is -2.32. The zero-order chi connectivity index (χ0) is 10.7. The maximum Gasteiger partial charge on any atom is 0.173 e. The normalized spacial score (nSPS) is 10.3. The van der Waals surface area contributed by atoms with Gasteiger partial charge in [0.25, 0.3) is 0 Å². The zero-order valence-corrected chi connectivity index (χ0v) is 9.27. The summed E-state index contributed by atoms with van der Waals surface area (Å²) >= 11 is 0. The Labute approximate surface area is 91.0 Å². The Morgan fingerprint density at radius 3 is 2.07 bits per heavy atom. The molecule has 0 N–H and O–H groups in total. The molecule has 1 aromatic carbocycles. The van der Waals surface area contributed by atoms with Crippen LogP contribution >= 0.6 is 0 Å². The summed E-state index contributed by atoms with van der Waals surface area (Å²) in [5.41, 5.74) is 4.03. The Balaban J connectivity index is 2.25. The molecule has 76 valence electrons. The Morgan fingerprint density at radius 1 is 0.867 bits per heavy atom. The first-order chi connectivity index (χ1) is 7.24. The minimum absolute atomic E-state index is 0.948. The van der Waals surface area contributed by atoms with Crippen molar-refractivity contribution >= 4 is 0 Å². The Morgan fingerprint density at radius 2 is 1.47 bits per heavy atom. The van der Waals surface area contributed by atoms with E-state index in [4.69, 9.17) is 0 Å². The summed E-state index contributed by atoms with van der Waals surface area (Å²) in [7, 11) is 0. The third-order valence-electron chi connectivity index (χ3n) is 2.42. The Kier molecular flexibility index (Phi) is 2.82. The van der Waals surface area contributed by atoms with Gasteiger partial charge in [-0.3, -0.25) is 0 Å². The number of aromatic nitrogens is 1. The van der Waals surface area contributed by atoms with Gasteiger partial charge < -0.3 is 0 Å². The van der Waals surface area contributed by atoms with Gasteiger partial charge in [0.2, 0.25) is 0 Å². The van der Waals surface area contributed by atoms with Gasteiger partial charge in [-0.2, -0.15) is 0 Å². The van der Waals surface area contributed by atoms with Crippen LogP contribution in [0.5, 0.6) is 0 Å². The van der Waals surface area contributed by atoms with Crippen LogP contribution in [0.1, 0.15) is 16.7 Å². The number of hydrogen-bond donors (Lipinski definition) is 0. The first-order valence-corrected chi connectivity index (χ1v) is 5.25. The predicted octanol–water partition coefficient (Wildman–Crippen LogP) is 2.64. The third-order valence-corrected chi connectivity index (χ3v) is 2.42. The van der Waals surface area contributed by atoms with Gasteiger partial charge in [0.1, 0.15) is 0 Å². The maximum absolute atomic E-state index is 2.24. The quantitative estimate of drug-likeness (QED) is 0.653. The van der Waals surface area contributed by atoms with Crippen molar-refractivity contribution in [2.75, 3.05) is 0 Å². The largest absolute Gasteiger partial charge is 0.201 e. The molecule has 0 amide bonds. The molecule has 0 fully saturated rings. The molecular formula is C14H16N+. The molecule has 1 aromatic heterocycles. The van der Waals surface area contributed by atoms with E-state index in [0.717, 1.165) is 6.54 Å². The summed E-state index contributed by atoms with van der Waals surface area (Å²) < 4.78 is 2.19. The lowest BCUT2D eigenvalue weighted by Gasteiger charge is -2.01. The van der Waals surface area contributed by atoms with Crippen LogP contribution in [0, 0.1) is 13.8 Å². The molecule has 0 saturated heterocycles. The molecule has 0 aliphatic carbocycles. The molecular weight excluding hydrogens is 182 g/mol. The van der Waals surface area contributed by atoms with E-state index in [0.29, 0.717) is 0 Å². The van der Waals surface area contributed by atoms with Gasteiger partial charge in [0, 0.05) is 17.7 Å². The molecule has 0 atom stereocenters. The van der Waals surface area contributed by atoms with E-state index in [1.54, 1.807) is 0 Å². The van der Waals surface area contributed by atoms with Crippen molar-refractivity contribution in [3.05, 3.63) is 65.5 Å². The molecule has 1 nitrogen and oxygen atoms in total. The van der Waals surface area contributed by atoms with Gasteiger partial charge in [-0.15, -0.1) is 0 Å². The summed E-state index contributed by atoms with van der Waals surface area (Å²) in [5, 5.41) is 0. The van der Waals surface area contributed by atoms with Gasteiger partial charge in [-0.1, -0.05) is 23.3 Å². The summed E-state index contributed by atoms with van der Waals surface area (Å²) in [6.45, 7) is 5.24. The van der Waals surface area contributed by atoms with Gasteiger partial charge in [0.05, 0.1) is 0 Å². The molecule has 2 aromatic rings. The average molecular weight is 198 g/mol. The number of rotatable bonds is 2. The van der Waals surface area contributed by atoms with Gasteiger partial charge in [0.15, 0.2) is 18.9 Å². The highest BCUT2D eigenvalue weighted by Gasteiger charge is 2.02. The van der Waals surface area contributed by atoms with Gasteiger partial charge in [-0.05, 0) is 26.0 Å². The average Bonchev–Trinajstić information content (AvgIpc) is 2.17. The second-order valence-corrected chi connectivity index (χ2v) is 4.04. The summed E-state index contributed by atoms with van der Waals surface area (Å²) in [4.78, 5) is 0. The van der Waals surface area contributed by atoms with Crippen LogP contribution in [0.15, 0.2) is 48.8 Å². The monoisotopic (exact) mass is 198 g/mol. The smallest absolute Gasteiger partial charge is 0.173 e. The molecule has 0 saturated carbocycles. The first kappa shape index (κ1) is 9.91. The molecule has 1 heterocycles. The van der Waals surface area contributed by atoms with Crippen LogP contribution in [0.2, 0.25) is 0 Å². The van der Waals surface area contributed by atoms with Gasteiger partial charge in [-0.25, -0.2) is 4.57 Å². The van der Waals surface area contributed by atoms with E-state index in [1.807, 2.05) is 6.07 Å². The summed E-state index contributed by atoms with van der Waals surface area (Å²) in [6, 6.07) is 12.8. The van der Waals surface area contributed by atoms with Crippen molar-refractivity contribution < 1.29 is 4.57 Å². The molecule has 0 unspecified atom stereocenters. The van der Waals surface area contributed by atoms with Crippen molar-refractivity contribution in [3.63, 3.8) is 0 Å². The highest BCUT2D eigenvalue weighted by Crippen LogP contribution is 2.08. The highest BCUT2D eigenvalue weighted by molar-refractivity contribution is 5.27. The van der Waals surface area contributed by atoms with E-state index in [2.05, 4.69) is 61.1 Å². The van der Waals surface area contributed by atoms with E-state index in [9.17, 15) is 0 Å². The van der Waals surface area contributed by atoms with Crippen LogP contribution in [-0.4, -0.2) is 0 Å². The lowest BCUT2D eigenvalue weighted by molar-refractivity contribution is -0.688. The minimum Gasteiger partial charge on any atom is -0.201 e. The second-order valence-electron chi connectivity index (χ2n) is 4.04. The van der Waals surface area contributed by atoms with Gasteiger partial charge >= 0.3 is 0 Å². The van der Waals surface area contributed by atoms with E-state index in [-0.39, 0.29) is 0 Å². The Hall–Kier alpha value is -1.63. The zero-order valence-electron chi connectivity index (χ0n) is 9.27. The predicted molar refractivity (Wildman–Crippen MR) is 61.7 cm³/mol. The lowest BCUT2D eigenvalue weighted by atomic mass is 10.1. The SMILES string of the molecule is Cc1cc(C)cc(C[n+]2ccccc2)c1. The van der Waals surface area contributed by atoms with E-state index in [1.165, 1.54) is 16.7 Å². The van der Waals surface area contributed by atoms with Crippen molar-refractivity contribution in [3.8, 4) is 0 Å². The number of pyridine rings is 1. The number of nitrogens with zero attached hydrogens (tertiary/aromatic N) is 1. The highest BCUT2D eigenvalue weighted by atomic mass is 14.9. The summed E-state index contributed by atoms with van der Waals surface area (Å²) in [6.07, 6.45) is 4.19.